The van der Waals surface area contributed by atoms with E-state index in [0.29, 0.717) is 19.4 Å². The molecule has 2 unspecified atom stereocenters. The molecule has 0 aromatic rings. The molecule has 0 aliphatic carbocycles. The van der Waals surface area contributed by atoms with Crippen LogP contribution < -0.4 is 5.32 Å². The maximum Gasteiger partial charge on any atom is 0.305 e. The van der Waals surface area contributed by atoms with Crippen LogP contribution in [-0.2, 0) is 14.3 Å². The number of ether oxygens (including phenoxy) is 1. The molecule has 1 amide bonds. The van der Waals surface area contributed by atoms with Gasteiger partial charge in [0.05, 0.1) is 25.4 Å². The Labute approximate surface area is 564 Å². The number of carbonyl (C=O) groups is 2. The second-order valence-corrected chi connectivity index (χ2v) is 28.5. The van der Waals surface area contributed by atoms with Crippen molar-refractivity contribution < 1.29 is 24.5 Å². The number of rotatable bonds is 78. The monoisotopic (exact) mass is 1260 g/mol. The molecule has 0 aliphatic heterocycles. The minimum Gasteiger partial charge on any atom is -0.466 e. The van der Waals surface area contributed by atoms with Crippen molar-refractivity contribution in [1.82, 2.24) is 5.32 Å². The number of hydrogen-bond donors (Lipinski definition) is 3. The Balaban J connectivity index is 3.35. The highest BCUT2D eigenvalue weighted by atomic mass is 16.5. The Morgan fingerprint density at radius 2 is 0.556 bits per heavy atom. The van der Waals surface area contributed by atoms with E-state index in [2.05, 4.69) is 43.5 Å². The summed E-state index contributed by atoms with van der Waals surface area (Å²) < 4.78 is 5.50. The van der Waals surface area contributed by atoms with Gasteiger partial charge in [-0.3, -0.25) is 9.59 Å². The van der Waals surface area contributed by atoms with E-state index < -0.39 is 12.1 Å². The highest BCUT2D eigenvalue weighted by Gasteiger charge is 2.18. The second-order valence-electron chi connectivity index (χ2n) is 28.5. The lowest BCUT2D eigenvalue weighted by Gasteiger charge is -2.20. The minimum atomic E-state index is -0.843. The third-order valence-electron chi connectivity index (χ3n) is 19.4. The molecule has 0 radical (unpaired) electrons. The lowest BCUT2D eigenvalue weighted by atomic mass is 10.0. The van der Waals surface area contributed by atoms with Gasteiger partial charge in [0.15, 0.2) is 0 Å². The van der Waals surface area contributed by atoms with Crippen molar-refractivity contribution in [2.75, 3.05) is 13.2 Å². The molecule has 2 atom stereocenters. The van der Waals surface area contributed by atoms with Crippen LogP contribution >= 0.6 is 0 Å². The maximum atomic E-state index is 12.6. The SMILES string of the molecule is CCCCCC/C=C\C/C=C\CCCCCCCC(=O)OCCCCCCCCCCCCCCCCCCCCCCCCCCCCCCCCCCCC(=O)NC(CO)C(O)/C=C/CCCCCCCCCCCCCCCCCCCCCCCC. The largest absolute Gasteiger partial charge is 0.466 e. The van der Waals surface area contributed by atoms with Crippen molar-refractivity contribution in [1.29, 1.82) is 0 Å². The first-order valence-electron chi connectivity index (χ1n) is 41.3. The van der Waals surface area contributed by atoms with Gasteiger partial charge in [-0.05, 0) is 64.2 Å². The highest BCUT2D eigenvalue weighted by molar-refractivity contribution is 5.76. The van der Waals surface area contributed by atoms with E-state index >= 15 is 0 Å². The predicted molar refractivity (Wildman–Crippen MR) is 398 cm³/mol. The maximum absolute atomic E-state index is 12.6. The summed E-state index contributed by atoms with van der Waals surface area (Å²) in [6.07, 6.45) is 104. The van der Waals surface area contributed by atoms with Gasteiger partial charge in [0.1, 0.15) is 0 Å². The Morgan fingerprint density at radius 1 is 0.311 bits per heavy atom. The van der Waals surface area contributed by atoms with E-state index in [-0.39, 0.29) is 18.5 Å². The van der Waals surface area contributed by atoms with Crippen molar-refractivity contribution in [3.05, 3.63) is 36.5 Å². The molecule has 6 nitrogen and oxygen atoms in total. The average Bonchev–Trinajstić information content (AvgIpc) is 3.68. The fraction of sp³-hybridized carbons (Fsp3) is 0.905. The summed E-state index contributed by atoms with van der Waals surface area (Å²) in [4.78, 5) is 24.7. The average molecular weight is 1270 g/mol. The zero-order chi connectivity index (χ0) is 64.9. The molecule has 3 N–H and O–H groups in total. The van der Waals surface area contributed by atoms with Crippen molar-refractivity contribution in [2.45, 2.75) is 475 Å². The number of aliphatic hydroxyl groups is 2. The third-order valence-corrected chi connectivity index (χ3v) is 19.4. The molecule has 0 aliphatic rings. The van der Waals surface area contributed by atoms with E-state index in [4.69, 9.17) is 4.74 Å². The first-order valence-corrected chi connectivity index (χ1v) is 41.3. The summed E-state index contributed by atoms with van der Waals surface area (Å²) in [6, 6.07) is -0.626. The van der Waals surface area contributed by atoms with E-state index in [1.165, 1.54) is 385 Å². The number of hydrogen-bond acceptors (Lipinski definition) is 5. The van der Waals surface area contributed by atoms with Crippen molar-refractivity contribution in [3.8, 4) is 0 Å². The Morgan fingerprint density at radius 3 is 0.856 bits per heavy atom. The van der Waals surface area contributed by atoms with Gasteiger partial charge in [0.25, 0.3) is 0 Å². The molecule has 0 heterocycles. The van der Waals surface area contributed by atoms with Crippen molar-refractivity contribution in [3.63, 3.8) is 0 Å². The fourth-order valence-corrected chi connectivity index (χ4v) is 13.1. The van der Waals surface area contributed by atoms with Gasteiger partial charge in [0.2, 0.25) is 5.91 Å². The van der Waals surface area contributed by atoms with Crippen LogP contribution in [-0.4, -0.2) is 47.4 Å². The van der Waals surface area contributed by atoms with Gasteiger partial charge >= 0.3 is 5.97 Å². The first kappa shape index (κ1) is 88.1. The quantitative estimate of drug-likeness (QED) is 0.0320. The van der Waals surface area contributed by atoms with Crippen LogP contribution in [0.4, 0.5) is 0 Å². The number of aliphatic hydroxyl groups excluding tert-OH is 2. The van der Waals surface area contributed by atoms with Crippen LogP contribution in [0.2, 0.25) is 0 Å². The van der Waals surface area contributed by atoms with Crippen LogP contribution in [0.5, 0.6) is 0 Å². The van der Waals surface area contributed by atoms with Crippen LogP contribution in [0.3, 0.4) is 0 Å². The molecule has 0 saturated heterocycles. The van der Waals surface area contributed by atoms with Gasteiger partial charge in [-0.1, -0.05) is 423 Å². The summed E-state index contributed by atoms with van der Waals surface area (Å²) >= 11 is 0. The van der Waals surface area contributed by atoms with E-state index in [0.717, 1.165) is 51.4 Å². The van der Waals surface area contributed by atoms with Crippen LogP contribution in [0.25, 0.3) is 0 Å². The summed E-state index contributed by atoms with van der Waals surface area (Å²) in [5.41, 5.74) is 0. The van der Waals surface area contributed by atoms with E-state index in [1.54, 1.807) is 6.08 Å². The highest BCUT2D eigenvalue weighted by Crippen LogP contribution is 2.20. The smallest absolute Gasteiger partial charge is 0.305 e. The fourth-order valence-electron chi connectivity index (χ4n) is 13.1. The lowest BCUT2D eigenvalue weighted by molar-refractivity contribution is -0.143. The van der Waals surface area contributed by atoms with Crippen LogP contribution in [0.15, 0.2) is 36.5 Å². The standard InChI is InChI=1S/C84H161NO5/c1-3-5-7-9-11-13-15-17-19-21-22-23-24-36-39-42-45-48-52-56-60-64-68-72-76-82(87)81(80-86)85-83(88)77-73-69-65-61-57-53-49-46-43-40-37-34-32-30-28-26-25-27-29-31-33-35-38-41-44-47-51-55-59-63-67-71-75-79-90-84(89)78-74-70-66-62-58-54-50-20-18-16-14-12-10-8-6-4-2/h14,16,20,50,72,76,81-82,86-87H,3-13,15,17-19,21-49,51-71,73-75,77-80H2,1-2H3,(H,85,88)/b16-14-,50-20-,76-72+. The lowest BCUT2D eigenvalue weighted by Crippen LogP contribution is -2.45. The number of amides is 1. The zero-order valence-corrected chi connectivity index (χ0v) is 61.1. The first-order chi connectivity index (χ1) is 44.5. The summed E-state index contributed by atoms with van der Waals surface area (Å²) in [6.45, 7) is 4.93. The van der Waals surface area contributed by atoms with Crippen molar-refractivity contribution in [2.24, 2.45) is 0 Å². The van der Waals surface area contributed by atoms with Crippen LogP contribution in [0.1, 0.15) is 463 Å². The summed E-state index contributed by atoms with van der Waals surface area (Å²) in [7, 11) is 0. The Bertz CT molecular complexity index is 1460. The Hall–Kier alpha value is -1.92. The number of esters is 1. The number of unbranched alkanes of at least 4 members (excludes halogenated alkanes) is 63. The normalized spacial score (nSPS) is 12.6. The zero-order valence-electron chi connectivity index (χ0n) is 61.1. The molecule has 0 aromatic carbocycles. The molecule has 0 fully saturated rings. The van der Waals surface area contributed by atoms with Gasteiger partial charge < -0.3 is 20.3 Å². The van der Waals surface area contributed by atoms with Gasteiger partial charge in [0, 0.05) is 12.8 Å². The summed E-state index contributed by atoms with van der Waals surface area (Å²) in [5, 5.41) is 23.3. The summed E-state index contributed by atoms with van der Waals surface area (Å²) in [5.74, 6) is -0.0492. The molecular formula is C84H161NO5. The predicted octanol–water partition coefficient (Wildman–Crippen LogP) is 27.4. The molecule has 0 saturated carbocycles. The van der Waals surface area contributed by atoms with Crippen molar-refractivity contribution >= 4 is 11.9 Å². The third kappa shape index (κ3) is 75.1. The minimum absolute atomic E-state index is 0.00875. The molecule has 90 heavy (non-hydrogen) atoms. The van der Waals surface area contributed by atoms with E-state index in [9.17, 15) is 19.8 Å². The number of nitrogens with one attached hydrogen (secondary N) is 1. The molecule has 0 spiro atoms. The van der Waals surface area contributed by atoms with Gasteiger partial charge in [-0.2, -0.15) is 0 Å². The molecular weight excluding hydrogens is 1100 g/mol. The van der Waals surface area contributed by atoms with Gasteiger partial charge in [-0.25, -0.2) is 0 Å². The number of allylic oxidation sites excluding steroid dienone is 5. The Kier molecular flexibility index (Phi) is 77.8. The second kappa shape index (κ2) is 79.5. The van der Waals surface area contributed by atoms with E-state index in [1.807, 2.05) is 6.08 Å². The molecule has 6 heteroatoms. The van der Waals surface area contributed by atoms with Gasteiger partial charge in [-0.15, -0.1) is 0 Å². The molecule has 0 rings (SSSR count). The topological polar surface area (TPSA) is 95.9 Å². The molecule has 0 aromatic heterocycles. The molecule has 0 bridgehead atoms. The number of carbonyl (C=O) groups excluding carboxylic acids is 2. The van der Waals surface area contributed by atoms with Crippen LogP contribution in [0, 0.1) is 0 Å². The molecule has 532 valence electrons.